The Hall–Kier alpha value is -3.59. The van der Waals surface area contributed by atoms with Crippen molar-refractivity contribution in [3.8, 4) is 0 Å². The quantitative estimate of drug-likeness (QED) is 0.396. The zero-order chi connectivity index (χ0) is 27.7. The third-order valence-electron chi connectivity index (χ3n) is 7.19. The van der Waals surface area contributed by atoms with E-state index in [4.69, 9.17) is 5.11 Å². The molecule has 9 heteroatoms. The number of aliphatic carboxylic acids is 1. The number of piperidine rings is 1. The molecule has 2 heterocycles. The van der Waals surface area contributed by atoms with E-state index in [9.17, 15) is 18.0 Å². The van der Waals surface area contributed by atoms with Gasteiger partial charge in [-0.25, -0.2) is 8.42 Å². The van der Waals surface area contributed by atoms with Crippen LogP contribution in [0.3, 0.4) is 0 Å². The maximum atomic E-state index is 13.3. The molecule has 3 aromatic rings. The number of rotatable bonds is 8. The van der Waals surface area contributed by atoms with Crippen LogP contribution < -0.4 is 4.72 Å². The monoisotopic (exact) mass is 537 g/mol. The minimum absolute atomic E-state index is 0.0348. The third-order valence-corrected chi connectivity index (χ3v) is 8.84. The first-order valence-electron chi connectivity index (χ1n) is 12.7. The van der Waals surface area contributed by atoms with E-state index in [0.717, 1.165) is 16.5 Å². The van der Waals surface area contributed by atoms with Crippen LogP contribution in [0.4, 0.5) is 5.69 Å². The average molecular weight is 538 g/mol. The Labute approximate surface area is 224 Å². The number of carbonyl (C=O) groups is 2. The highest BCUT2D eigenvalue weighted by Gasteiger charge is 2.28. The number of likely N-dealkylation sites (tertiary alicyclic amines) is 1. The van der Waals surface area contributed by atoms with Crippen LogP contribution in [-0.2, 0) is 31.6 Å². The van der Waals surface area contributed by atoms with E-state index >= 15 is 0 Å². The number of fused-ring (bicyclic) bond motifs is 1. The lowest BCUT2D eigenvalue weighted by atomic mass is 9.86. The van der Waals surface area contributed by atoms with Crippen LogP contribution in [0.5, 0.6) is 0 Å². The number of carbonyl (C=O) groups excluding carboxylic acids is 1. The molecule has 2 aromatic carbocycles. The van der Waals surface area contributed by atoms with E-state index in [1.54, 1.807) is 29.3 Å². The normalized spacial score (nSPS) is 15.8. The predicted octanol–water partition coefficient (Wildman–Crippen LogP) is 4.93. The number of amides is 1. The summed E-state index contributed by atoms with van der Waals surface area (Å²) in [6.07, 6.45) is 4.15. The molecule has 0 aliphatic carbocycles. The van der Waals surface area contributed by atoms with Crippen molar-refractivity contribution in [3.63, 3.8) is 0 Å². The SMILES string of the molecule is C=CC(c1ccc(C(C)(C)C)cc1)S(=O)(=O)Nc1ccc2c(ccn2CC(=O)N2CCC(C(=O)O)CC2)c1. The molecule has 2 N–H and O–H groups in total. The number of aromatic nitrogens is 1. The van der Waals surface area contributed by atoms with Crippen LogP contribution in [0.15, 0.2) is 67.4 Å². The van der Waals surface area contributed by atoms with E-state index in [1.807, 2.05) is 34.9 Å². The second-order valence-corrected chi connectivity index (χ2v) is 12.7. The summed E-state index contributed by atoms with van der Waals surface area (Å²) in [4.78, 5) is 25.7. The molecule has 1 aromatic heterocycles. The molecule has 1 unspecified atom stereocenters. The number of hydrogen-bond acceptors (Lipinski definition) is 4. The third kappa shape index (κ3) is 5.93. The first kappa shape index (κ1) is 27.4. The Kier molecular flexibility index (Phi) is 7.69. The molecule has 1 atom stereocenters. The highest BCUT2D eigenvalue weighted by Crippen LogP contribution is 2.30. The van der Waals surface area contributed by atoms with Crippen molar-refractivity contribution in [1.82, 2.24) is 9.47 Å². The van der Waals surface area contributed by atoms with E-state index in [2.05, 4.69) is 32.1 Å². The van der Waals surface area contributed by atoms with Gasteiger partial charge in [0.1, 0.15) is 11.8 Å². The van der Waals surface area contributed by atoms with Crippen molar-refractivity contribution < 1.29 is 23.1 Å². The second-order valence-electron chi connectivity index (χ2n) is 10.9. The molecule has 1 amide bonds. The minimum Gasteiger partial charge on any atom is -0.481 e. The molecule has 0 saturated carbocycles. The van der Waals surface area contributed by atoms with Gasteiger partial charge in [-0.05, 0) is 53.6 Å². The van der Waals surface area contributed by atoms with E-state index in [-0.39, 0.29) is 17.9 Å². The molecular formula is C29H35N3O5S. The average Bonchev–Trinajstić information content (AvgIpc) is 3.25. The Bertz CT molecular complexity index is 1440. The summed E-state index contributed by atoms with van der Waals surface area (Å²) in [5.41, 5.74) is 2.95. The van der Waals surface area contributed by atoms with Gasteiger partial charge in [0.15, 0.2) is 0 Å². The summed E-state index contributed by atoms with van der Waals surface area (Å²) in [6, 6.07) is 14.6. The molecule has 1 fully saturated rings. The second kappa shape index (κ2) is 10.6. The van der Waals surface area contributed by atoms with Gasteiger partial charge in [-0.15, -0.1) is 6.58 Å². The van der Waals surface area contributed by atoms with Crippen LogP contribution in [0.2, 0.25) is 0 Å². The lowest BCUT2D eigenvalue weighted by molar-refractivity contribution is -0.145. The van der Waals surface area contributed by atoms with Gasteiger partial charge in [0, 0.05) is 35.9 Å². The van der Waals surface area contributed by atoms with E-state index in [0.29, 0.717) is 37.2 Å². The number of hydrogen-bond donors (Lipinski definition) is 2. The molecule has 202 valence electrons. The summed E-state index contributed by atoms with van der Waals surface area (Å²) in [5, 5.41) is 9.05. The number of carboxylic acid groups (broad SMARTS) is 1. The topological polar surface area (TPSA) is 109 Å². The van der Waals surface area contributed by atoms with Gasteiger partial charge in [-0.3, -0.25) is 14.3 Å². The van der Waals surface area contributed by atoms with Gasteiger partial charge in [0.2, 0.25) is 15.9 Å². The fourth-order valence-electron chi connectivity index (χ4n) is 4.87. The van der Waals surface area contributed by atoms with Crippen LogP contribution in [0.1, 0.15) is 50.0 Å². The minimum atomic E-state index is -3.81. The molecule has 0 spiro atoms. The Balaban J connectivity index is 1.46. The summed E-state index contributed by atoms with van der Waals surface area (Å²) < 4.78 is 31.0. The standard InChI is InChI=1S/C29H35N3O5S/c1-5-26(20-6-8-23(9-7-20)29(2,3)4)38(36,37)30-24-10-11-25-22(18-24)14-17-32(25)19-27(33)31-15-12-21(13-16-31)28(34)35/h5-11,14,17-18,21,26,30H,1,12-13,15-16,19H2,2-4H3,(H,34,35). The number of sulfonamides is 1. The van der Waals surface area contributed by atoms with Gasteiger partial charge in [0.25, 0.3) is 0 Å². The van der Waals surface area contributed by atoms with E-state index < -0.39 is 27.2 Å². The van der Waals surface area contributed by atoms with Crippen LogP contribution in [0.25, 0.3) is 10.9 Å². The predicted molar refractivity (Wildman–Crippen MR) is 150 cm³/mol. The number of nitrogens with zero attached hydrogens (tertiary/aromatic N) is 2. The lowest BCUT2D eigenvalue weighted by Gasteiger charge is -2.30. The van der Waals surface area contributed by atoms with Crippen molar-refractivity contribution in [2.45, 2.75) is 50.8 Å². The van der Waals surface area contributed by atoms with Gasteiger partial charge in [0.05, 0.1) is 5.92 Å². The summed E-state index contributed by atoms with van der Waals surface area (Å²) in [7, 11) is -3.81. The number of nitrogens with one attached hydrogen (secondary N) is 1. The molecule has 0 bridgehead atoms. The summed E-state index contributed by atoms with van der Waals surface area (Å²) in [5.74, 6) is -1.27. The van der Waals surface area contributed by atoms with Gasteiger partial charge >= 0.3 is 5.97 Å². The van der Waals surface area contributed by atoms with Crippen molar-refractivity contribution in [1.29, 1.82) is 0 Å². The number of anilines is 1. The van der Waals surface area contributed by atoms with Crippen molar-refractivity contribution in [2.24, 2.45) is 5.92 Å². The maximum Gasteiger partial charge on any atom is 0.306 e. The van der Waals surface area contributed by atoms with Crippen LogP contribution in [0, 0.1) is 5.92 Å². The molecule has 1 aliphatic rings. The van der Waals surface area contributed by atoms with Crippen molar-refractivity contribution in [2.75, 3.05) is 17.8 Å². The smallest absolute Gasteiger partial charge is 0.306 e. The maximum absolute atomic E-state index is 13.3. The largest absolute Gasteiger partial charge is 0.481 e. The summed E-state index contributed by atoms with van der Waals surface area (Å²) in [6.45, 7) is 11.1. The molecule has 1 aliphatic heterocycles. The number of carboxylic acids is 1. The fourth-order valence-corrected chi connectivity index (χ4v) is 6.22. The van der Waals surface area contributed by atoms with Crippen molar-refractivity contribution in [3.05, 3.63) is 78.5 Å². The highest BCUT2D eigenvalue weighted by atomic mass is 32.2. The Morgan fingerprint density at radius 1 is 1.11 bits per heavy atom. The first-order chi connectivity index (χ1) is 17.9. The van der Waals surface area contributed by atoms with E-state index in [1.165, 1.54) is 6.08 Å². The Morgan fingerprint density at radius 3 is 2.34 bits per heavy atom. The lowest BCUT2D eigenvalue weighted by Crippen LogP contribution is -2.41. The van der Waals surface area contributed by atoms with Gasteiger partial charge in [-0.1, -0.05) is 51.1 Å². The van der Waals surface area contributed by atoms with Gasteiger partial charge in [-0.2, -0.15) is 0 Å². The van der Waals surface area contributed by atoms with Crippen molar-refractivity contribution >= 4 is 38.5 Å². The highest BCUT2D eigenvalue weighted by molar-refractivity contribution is 7.93. The zero-order valence-electron chi connectivity index (χ0n) is 22.1. The molecule has 0 radical (unpaired) electrons. The van der Waals surface area contributed by atoms with Gasteiger partial charge < -0.3 is 14.6 Å². The number of benzene rings is 2. The fraction of sp³-hybridized carbons (Fsp3) is 0.379. The summed E-state index contributed by atoms with van der Waals surface area (Å²) >= 11 is 0. The zero-order valence-corrected chi connectivity index (χ0v) is 22.9. The molecule has 4 rings (SSSR count). The first-order valence-corrected chi connectivity index (χ1v) is 14.3. The molecular weight excluding hydrogens is 502 g/mol. The van der Waals surface area contributed by atoms with Crippen LogP contribution >= 0.6 is 0 Å². The van der Waals surface area contributed by atoms with Crippen LogP contribution in [-0.4, -0.2) is 48.0 Å². The molecule has 38 heavy (non-hydrogen) atoms. The molecule has 1 saturated heterocycles. The Morgan fingerprint density at radius 2 is 1.76 bits per heavy atom. The molecule has 8 nitrogen and oxygen atoms in total.